The van der Waals surface area contributed by atoms with Gasteiger partial charge in [0.05, 0.1) is 4.90 Å². The first-order valence-electron chi connectivity index (χ1n) is 4.89. The Kier molecular flexibility index (Phi) is 3.26. The molecule has 1 heterocycles. The van der Waals surface area contributed by atoms with Crippen LogP contribution in [-0.2, 0) is 0 Å². The van der Waals surface area contributed by atoms with Crippen LogP contribution in [0.5, 0.6) is 0 Å². The molecule has 5 heteroatoms. The van der Waals surface area contributed by atoms with Crippen molar-refractivity contribution in [2.45, 2.75) is 23.0 Å². The van der Waals surface area contributed by atoms with Crippen molar-refractivity contribution in [2.75, 3.05) is 0 Å². The second kappa shape index (κ2) is 4.67. The first-order chi connectivity index (χ1) is 7.68. The summed E-state index contributed by atoms with van der Waals surface area (Å²) in [4.78, 5) is 7.51. The maximum Gasteiger partial charge on any atom is 0.170 e. The lowest BCUT2D eigenvalue weighted by atomic mass is 10.1. The van der Waals surface area contributed by atoms with Gasteiger partial charge in [0.2, 0.25) is 0 Å². The molecule has 0 bridgehead atoms. The summed E-state index contributed by atoms with van der Waals surface area (Å²) in [6, 6.07) is 4.73. The molecule has 2 rings (SSSR count). The Balaban J connectivity index is 2.38. The lowest BCUT2D eigenvalue weighted by molar-refractivity contribution is 0.591. The molecular formula is C11H12FN3S. The molecular weight excluding hydrogens is 225 g/mol. The first-order valence-corrected chi connectivity index (χ1v) is 5.71. The van der Waals surface area contributed by atoms with Crippen LogP contribution in [0.15, 0.2) is 40.6 Å². The third kappa shape index (κ3) is 2.25. The lowest BCUT2D eigenvalue weighted by Crippen LogP contribution is -2.07. The number of aromatic amines is 1. The van der Waals surface area contributed by atoms with Crippen LogP contribution in [0.3, 0.4) is 0 Å². The van der Waals surface area contributed by atoms with E-state index >= 15 is 0 Å². The maximum absolute atomic E-state index is 13.7. The lowest BCUT2D eigenvalue weighted by Gasteiger charge is -2.11. The summed E-state index contributed by atoms with van der Waals surface area (Å²) >= 11 is 1.25. The van der Waals surface area contributed by atoms with E-state index in [-0.39, 0.29) is 11.9 Å². The number of H-pyrrole nitrogens is 1. The van der Waals surface area contributed by atoms with Gasteiger partial charge in [-0.25, -0.2) is 9.37 Å². The fourth-order valence-corrected chi connectivity index (χ4v) is 2.37. The minimum Gasteiger partial charge on any atom is -0.339 e. The monoisotopic (exact) mass is 237 g/mol. The number of benzene rings is 1. The van der Waals surface area contributed by atoms with Gasteiger partial charge in [-0.3, -0.25) is 0 Å². The highest BCUT2D eigenvalue weighted by atomic mass is 32.2. The van der Waals surface area contributed by atoms with Gasteiger partial charge in [0.1, 0.15) is 5.82 Å². The van der Waals surface area contributed by atoms with Gasteiger partial charge in [-0.1, -0.05) is 12.1 Å². The molecule has 1 aromatic heterocycles. The number of nitrogens with zero attached hydrogens (tertiary/aromatic N) is 1. The molecule has 0 aliphatic carbocycles. The van der Waals surface area contributed by atoms with E-state index in [1.165, 1.54) is 17.8 Å². The van der Waals surface area contributed by atoms with Gasteiger partial charge >= 0.3 is 0 Å². The summed E-state index contributed by atoms with van der Waals surface area (Å²) in [6.45, 7) is 1.83. The Morgan fingerprint density at radius 2 is 2.31 bits per heavy atom. The van der Waals surface area contributed by atoms with Crippen molar-refractivity contribution in [1.29, 1.82) is 0 Å². The van der Waals surface area contributed by atoms with E-state index in [0.29, 0.717) is 10.1 Å². The van der Waals surface area contributed by atoms with Gasteiger partial charge in [-0.15, -0.1) is 0 Å². The molecule has 0 fully saturated rings. The van der Waals surface area contributed by atoms with Crippen molar-refractivity contribution in [3.8, 4) is 0 Å². The molecule has 3 nitrogen and oxygen atoms in total. The number of aromatic nitrogens is 2. The fraction of sp³-hybridized carbons (Fsp3) is 0.182. The Morgan fingerprint density at radius 1 is 1.50 bits per heavy atom. The fourth-order valence-electron chi connectivity index (χ4n) is 1.40. The molecule has 3 N–H and O–H groups in total. The van der Waals surface area contributed by atoms with Crippen LogP contribution in [0.2, 0.25) is 0 Å². The Hall–Kier alpha value is -1.33. The number of hydrogen-bond acceptors (Lipinski definition) is 3. The van der Waals surface area contributed by atoms with E-state index in [1.54, 1.807) is 18.5 Å². The van der Waals surface area contributed by atoms with Gasteiger partial charge in [-0.05, 0) is 30.3 Å². The van der Waals surface area contributed by atoms with Crippen molar-refractivity contribution in [3.63, 3.8) is 0 Å². The Labute approximate surface area is 97.3 Å². The molecule has 0 saturated heterocycles. The standard InChI is InChI=1S/C11H12FN3S/c1-7(13)8-3-2-4-9(12)10(8)16-11-14-5-6-15-11/h2-7H,13H2,1H3,(H,14,15)/t7-/m1/s1. The number of rotatable bonds is 3. The van der Waals surface area contributed by atoms with Gasteiger partial charge in [-0.2, -0.15) is 0 Å². The van der Waals surface area contributed by atoms with Gasteiger partial charge in [0.25, 0.3) is 0 Å². The van der Waals surface area contributed by atoms with Gasteiger partial charge < -0.3 is 10.7 Å². The predicted octanol–water partition coefficient (Wildman–Crippen LogP) is 2.72. The third-order valence-electron chi connectivity index (χ3n) is 2.16. The average Bonchev–Trinajstić information content (AvgIpc) is 2.73. The summed E-state index contributed by atoms with van der Waals surface area (Å²) in [5.41, 5.74) is 6.59. The molecule has 0 spiro atoms. The number of nitrogens with one attached hydrogen (secondary N) is 1. The normalized spacial score (nSPS) is 12.7. The predicted molar refractivity (Wildman–Crippen MR) is 61.7 cm³/mol. The van der Waals surface area contributed by atoms with Crippen LogP contribution >= 0.6 is 11.8 Å². The first kappa shape index (κ1) is 11.2. The quantitative estimate of drug-likeness (QED) is 0.863. The molecule has 0 radical (unpaired) electrons. The van der Waals surface area contributed by atoms with E-state index < -0.39 is 0 Å². The largest absolute Gasteiger partial charge is 0.339 e. The summed E-state index contributed by atoms with van der Waals surface area (Å²) in [5, 5.41) is 0.659. The zero-order valence-corrected chi connectivity index (χ0v) is 9.59. The summed E-state index contributed by atoms with van der Waals surface area (Å²) in [6.07, 6.45) is 3.34. The third-order valence-corrected chi connectivity index (χ3v) is 3.21. The van der Waals surface area contributed by atoms with Crippen molar-refractivity contribution in [3.05, 3.63) is 42.0 Å². The highest BCUT2D eigenvalue weighted by Crippen LogP contribution is 2.32. The highest BCUT2D eigenvalue weighted by Gasteiger charge is 2.13. The van der Waals surface area contributed by atoms with Crippen LogP contribution in [0, 0.1) is 5.82 Å². The van der Waals surface area contributed by atoms with E-state index in [0.717, 1.165) is 5.56 Å². The topological polar surface area (TPSA) is 54.7 Å². The smallest absolute Gasteiger partial charge is 0.170 e. The zero-order valence-electron chi connectivity index (χ0n) is 8.77. The number of imidazole rings is 1. The number of hydrogen-bond donors (Lipinski definition) is 2. The molecule has 0 amide bonds. The number of nitrogens with two attached hydrogens (primary N) is 1. The molecule has 0 aliphatic heterocycles. The maximum atomic E-state index is 13.7. The van der Waals surface area contributed by atoms with E-state index in [1.807, 2.05) is 13.0 Å². The number of halogens is 1. The second-order valence-corrected chi connectivity index (χ2v) is 4.44. The Bertz CT molecular complexity index is 468. The van der Waals surface area contributed by atoms with E-state index in [4.69, 9.17) is 5.73 Å². The van der Waals surface area contributed by atoms with Crippen LogP contribution in [0.25, 0.3) is 0 Å². The molecule has 84 valence electrons. The van der Waals surface area contributed by atoms with Crippen molar-refractivity contribution in [1.82, 2.24) is 9.97 Å². The van der Waals surface area contributed by atoms with Crippen LogP contribution < -0.4 is 5.73 Å². The van der Waals surface area contributed by atoms with E-state index in [2.05, 4.69) is 9.97 Å². The molecule has 1 atom stereocenters. The summed E-state index contributed by atoms with van der Waals surface area (Å²) in [7, 11) is 0. The molecule has 0 aliphatic rings. The Morgan fingerprint density at radius 3 is 2.94 bits per heavy atom. The molecule has 0 unspecified atom stereocenters. The minimum absolute atomic E-state index is 0.201. The second-order valence-electron chi connectivity index (χ2n) is 3.44. The summed E-state index contributed by atoms with van der Waals surface area (Å²) < 4.78 is 13.7. The molecule has 2 aromatic rings. The SMILES string of the molecule is C[C@@H](N)c1cccc(F)c1Sc1ncc[nH]1. The van der Waals surface area contributed by atoms with Crippen molar-refractivity contribution >= 4 is 11.8 Å². The average molecular weight is 237 g/mol. The van der Waals surface area contributed by atoms with E-state index in [9.17, 15) is 4.39 Å². The van der Waals surface area contributed by atoms with Gasteiger partial charge in [0.15, 0.2) is 5.16 Å². The molecule has 1 aromatic carbocycles. The zero-order chi connectivity index (χ0) is 11.5. The molecule has 16 heavy (non-hydrogen) atoms. The minimum atomic E-state index is -0.267. The van der Waals surface area contributed by atoms with Crippen molar-refractivity contribution in [2.24, 2.45) is 5.73 Å². The molecule has 0 saturated carbocycles. The van der Waals surface area contributed by atoms with Crippen LogP contribution in [0.4, 0.5) is 4.39 Å². The van der Waals surface area contributed by atoms with Crippen LogP contribution in [-0.4, -0.2) is 9.97 Å². The highest BCUT2D eigenvalue weighted by molar-refractivity contribution is 7.99. The van der Waals surface area contributed by atoms with Crippen molar-refractivity contribution < 1.29 is 4.39 Å². The van der Waals surface area contributed by atoms with Crippen LogP contribution in [0.1, 0.15) is 18.5 Å². The van der Waals surface area contributed by atoms with Gasteiger partial charge in [0, 0.05) is 18.4 Å². The summed E-state index contributed by atoms with van der Waals surface area (Å²) in [5.74, 6) is -0.267.